The zero-order chi connectivity index (χ0) is 23.1. The van der Waals surface area contributed by atoms with Gasteiger partial charge in [0.2, 0.25) is 5.91 Å². The number of hydrogen-bond acceptors (Lipinski definition) is 6. The SMILES string of the molecule is O=C(CN[SH]1(=O)ONc2ccccc21)N[C@@H](Cc1ccccc1)C(=O)OCc1ccccc1. The van der Waals surface area contributed by atoms with Crippen molar-refractivity contribution >= 4 is 28.0 Å². The van der Waals surface area contributed by atoms with E-state index in [1.54, 1.807) is 24.3 Å². The first-order valence-corrected chi connectivity index (χ1v) is 12.1. The van der Waals surface area contributed by atoms with E-state index in [1.165, 1.54) is 0 Å². The highest BCUT2D eigenvalue weighted by atomic mass is 32.3. The zero-order valence-corrected chi connectivity index (χ0v) is 18.7. The van der Waals surface area contributed by atoms with Gasteiger partial charge >= 0.3 is 5.97 Å². The molecule has 0 aliphatic carbocycles. The Morgan fingerprint density at radius 3 is 2.27 bits per heavy atom. The number of hydrogen-bond donors (Lipinski definition) is 4. The molecule has 0 saturated heterocycles. The van der Waals surface area contributed by atoms with Crippen molar-refractivity contribution in [1.29, 1.82) is 0 Å². The molecule has 172 valence electrons. The van der Waals surface area contributed by atoms with E-state index in [2.05, 4.69) is 15.5 Å². The summed E-state index contributed by atoms with van der Waals surface area (Å²) in [4.78, 5) is 25.9. The molecule has 33 heavy (non-hydrogen) atoms. The summed E-state index contributed by atoms with van der Waals surface area (Å²) in [6.07, 6.45) is 0.263. The molecule has 0 bridgehead atoms. The van der Waals surface area contributed by atoms with Crippen LogP contribution in [-0.4, -0.2) is 28.7 Å². The minimum Gasteiger partial charge on any atom is -0.459 e. The molecule has 1 aliphatic rings. The number of para-hydroxylation sites is 1. The number of anilines is 1. The molecule has 0 unspecified atom stereocenters. The molecule has 1 amide bonds. The van der Waals surface area contributed by atoms with Crippen LogP contribution in [0.5, 0.6) is 0 Å². The molecule has 0 spiro atoms. The molecule has 0 fully saturated rings. The van der Waals surface area contributed by atoms with Crippen LogP contribution in [-0.2, 0) is 42.0 Å². The summed E-state index contributed by atoms with van der Waals surface area (Å²) in [6.45, 7) is -0.199. The minimum absolute atomic E-state index is 0.102. The van der Waals surface area contributed by atoms with E-state index in [9.17, 15) is 13.8 Å². The van der Waals surface area contributed by atoms with Gasteiger partial charge in [0.05, 0.1) is 17.1 Å². The van der Waals surface area contributed by atoms with Gasteiger partial charge in [0.15, 0.2) is 0 Å². The number of thiol groups is 1. The molecule has 0 saturated carbocycles. The van der Waals surface area contributed by atoms with Crippen LogP contribution < -0.4 is 15.5 Å². The predicted octanol–water partition coefficient (Wildman–Crippen LogP) is 2.31. The number of esters is 1. The second kappa shape index (κ2) is 10.4. The molecular formula is C24H25N3O5S. The summed E-state index contributed by atoms with van der Waals surface area (Å²) < 4.78 is 26.4. The molecule has 9 heteroatoms. The lowest BCUT2D eigenvalue weighted by Crippen LogP contribution is -2.48. The zero-order valence-electron chi connectivity index (χ0n) is 17.8. The van der Waals surface area contributed by atoms with Crippen molar-refractivity contribution in [1.82, 2.24) is 10.0 Å². The molecule has 3 aromatic carbocycles. The number of rotatable bonds is 9. The highest BCUT2D eigenvalue weighted by Gasteiger charge is 2.27. The van der Waals surface area contributed by atoms with Crippen LogP contribution in [0.4, 0.5) is 5.69 Å². The number of nitrogens with one attached hydrogen (secondary N) is 3. The van der Waals surface area contributed by atoms with Crippen molar-refractivity contribution in [2.75, 3.05) is 12.0 Å². The lowest BCUT2D eigenvalue weighted by molar-refractivity contribution is -0.149. The van der Waals surface area contributed by atoms with Crippen molar-refractivity contribution in [3.8, 4) is 0 Å². The van der Waals surface area contributed by atoms with Crippen LogP contribution in [0.3, 0.4) is 0 Å². The summed E-state index contributed by atoms with van der Waals surface area (Å²) in [5, 5.41) is 2.69. The minimum atomic E-state index is -3.44. The van der Waals surface area contributed by atoms with E-state index in [4.69, 9.17) is 9.02 Å². The van der Waals surface area contributed by atoms with Gasteiger partial charge in [-0.25, -0.2) is 15.0 Å². The fraction of sp³-hybridized carbons (Fsp3) is 0.167. The second-order valence-corrected chi connectivity index (χ2v) is 9.58. The Morgan fingerprint density at radius 2 is 1.55 bits per heavy atom. The van der Waals surface area contributed by atoms with Crippen molar-refractivity contribution in [2.24, 2.45) is 0 Å². The average Bonchev–Trinajstić information content (AvgIpc) is 3.19. The van der Waals surface area contributed by atoms with Crippen LogP contribution in [0.25, 0.3) is 0 Å². The topological polar surface area (TPSA) is 106 Å². The smallest absolute Gasteiger partial charge is 0.329 e. The highest BCUT2D eigenvalue weighted by Crippen LogP contribution is 2.32. The first kappa shape index (κ1) is 22.7. The highest BCUT2D eigenvalue weighted by molar-refractivity contribution is 7.97. The van der Waals surface area contributed by atoms with Gasteiger partial charge in [-0.2, -0.15) is 8.49 Å². The van der Waals surface area contributed by atoms with Crippen LogP contribution in [0, 0.1) is 0 Å². The maximum Gasteiger partial charge on any atom is 0.329 e. The lowest BCUT2D eigenvalue weighted by atomic mass is 10.1. The first-order valence-electron chi connectivity index (χ1n) is 10.5. The van der Waals surface area contributed by atoms with E-state index in [-0.39, 0.29) is 19.6 Å². The third kappa shape index (κ3) is 5.83. The van der Waals surface area contributed by atoms with Gasteiger partial charge in [0, 0.05) is 6.42 Å². The number of carbonyl (C=O) groups is 2. The maximum atomic E-state index is 13.0. The summed E-state index contributed by atoms with van der Waals surface area (Å²) in [7, 11) is -3.44. The molecule has 4 rings (SSSR count). The Balaban J connectivity index is 1.39. The van der Waals surface area contributed by atoms with Crippen molar-refractivity contribution < 1.29 is 22.8 Å². The average molecular weight is 468 g/mol. The molecular weight excluding hydrogens is 442 g/mol. The molecule has 8 nitrogen and oxygen atoms in total. The summed E-state index contributed by atoms with van der Waals surface area (Å²) in [5.74, 6) is -1.05. The summed E-state index contributed by atoms with van der Waals surface area (Å²) >= 11 is 0. The number of ether oxygens (including phenoxy) is 1. The second-order valence-electron chi connectivity index (χ2n) is 7.50. The molecule has 1 heterocycles. The van der Waals surface area contributed by atoms with E-state index < -0.39 is 28.3 Å². The molecule has 3 aromatic rings. The normalized spacial score (nSPS) is 15.5. The Hall–Kier alpha value is -3.53. The van der Waals surface area contributed by atoms with Crippen LogP contribution in [0.15, 0.2) is 89.8 Å². The first-order chi connectivity index (χ1) is 16.0. The molecule has 1 atom stereocenters. The van der Waals surface area contributed by atoms with Gasteiger partial charge in [0.25, 0.3) is 0 Å². The van der Waals surface area contributed by atoms with Gasteiger partial charge < -0.3 is 10.1 Å². The van der Waals surface area contributed by atoms with Gasteiger partial charge in [-0.1, -0.05) is 83.2 Å². The number of fused-ring (bicyclic) bond motifs is 1. The van der Waals surface area contributed by atoms with Crippen molar-refractivity contribution in [3.05, 3.63) is 96.1 Å². The van der Waals surface area contributed by atoms with E-state index in [0.717, 1.165) is 11.1 Å². The molecule has 1 aliphatic heterocycles. The Morgan fingerprint density at radius 1 is 0.909 bits per heavy atom. The summed E-state index contributed by atoms with van der Waals surface area (Å²) in [6, 6.07) is 24.7. The number of carbonyl (C=O) groups excluding carboxylic acids is 2. The number of amides is 1. The van der Waals surface area contributed by atoms with Gasteiger partial charge in [-0.15, -0.1) is 0 Å². The Bertz CT molecular complexity index is 1160. The standard InChI is InChI=1S/C24H25N3O5S/c28-23(16-25-33(30)22-14-8-7-13-20(22)27-32-33)26-21(15-18-9-3-1-4-10-18)24(29)31-17-19-11-5-2-6-12-19/h1-14,21,27,33H,15-17H2,(H,25,30)(H,26,28)/t21-/m0/s1. The van der Waals surface area contributed by atoms with Gasteiger partial charge in [0.1, 0.15) is 12.6 Å². The van der Waals surface area contributed by atoms with Gasteiger partial charge in [-0.3, -0.25) is 4.79 Å². The maximum absolute atomic E-state index is 13.0. The fourth-order valence-electron chi connectivity index (χ4n) is 3.39. The van der Waals surface area contributed by atoms with E-state index >= 15 is 0 Å². The number of benzene rings is 3. The Kier molecular flexibility index (Phi) is 7.13. The van der Waals surface area contributed by atoms with Crippen LogP contribution >= 0.6 is 0 Å². The van der Waals surface area contributed by atoms with Crippen LogP contribution in [0.2, 0.25) is 0 Å². The Labute approximate surface area is 193 Å². The monoisotopic (exact) mass is 467 g/mol. The quantitative estimate of drug-likeness (QED) is 0.284. The summed E-state index contributed by atoms with van der Waals surface area (Å²) in [5.41, 5.74) is 4.91. The molecule has 3 N–H and O–H groups in total. The largest absolute Gasteiger partial charge is 0.459 e. The predicted molar refractivity (Wildman–Crippen MR) is 125 cm³/mol. The van der Waals surface area contributed by atoms with Crippen LogP contribution in [0.1, 0.15) is 11.1 Å². The third-order valence-electron chi connectivity index (χ3n) is 5.08. The van der Waals surface area contributed by atoms with E-state index in [0.29, 0.717) is 10.6 Å². The molecule has 0 radical (unpaired) electrons. The van der Waals surface area contributed by atoms with Gasteiger partial charge in [-0.05, 0) is 23.3 Å². The molecule has 0 aromatic heterocycles. The lowest BCUT2D eigenvalue weighted by Gasteiger charge is -2.24. The van der Waals surface area contributed by atoms with E-state index in [1.807, 2.05) is 60.7 Å². The third-order valence-corrected chi connectivity index (χ3v) is 7.03. The van der Waals surface area contributed by atoms with Crippen molar-refractivity contribution in [2.45, 2.75) is 24.0 Å². The van der Waals surface area contributed by atoms with Crippen molar-refractivity contribution in [3.63, 3.8) is 0 Å². The fourth-order valence-corrected chi connectivity index (χ4v) is 5.02.